The van der Waals surface area contributed by atoms with Gasteiger partial charge in [0.1, 0.15) is 0 Å². The van der Waals surface area contributed by atoms with E-state index in [1.807, 2.05) is 11.9 Å². The lowest BCUT2D eigenvalue weighted by molar-refractivity contribution is -0.137. The van der Waals surface area contributed by atoms with Crippen molar-refractivity contribution >= 4 is 11.5 Å². The topological polar surface area (TPSA) is 46.3 Å². The number of carbonyl (C=O) groups is 1. The van der Waals surface area contributed by atoms with Crippen molar-refractivity contribution in [3.05, 3.63) is 29.3 Å². The Bertz CT molecular complexity index is 499. The fourth-order valence-corrected chi connectivity index (χ4v) is 2.31. The van der Waals surface area contributed by atoms with E-state index in [1.54, 1.807) is 0 Å². The SMILES string of the molecule is CN1CCC(C(=O)c2cc(C(F)(F)F)ccc2N)C1. The number of likely N-dealkylation sites (tertiary alicyclic amines) is 1. The third-order valence-electron chi connectivity index (χ3n) is 3.41. The van der Waals surface area contributed by atoms with Crippen LogP contribution in [0.15, 0.2) is 18.2 Å². The van der Waals surface area contributed by atoms with Gasteiger partial charge in [-0.3, -0.25) is 4.79 Å². The lowest BCUT2D eigenvalue weighted by atomic mass is 9.94. The standard InChI is InChI=1S/C13H15F3N2O/c1-18-5-4-8(7-18)12(19)10-6-9(13(14,15)16)2-3-11(10)17/h2-3,6,8H,4-5,7,17H2,1H3. The first kappa shape index (κ1) is 13.9. The van der Waals surface area contributed by atoms with Crippen LogP contribution in [0, 0.1) is 5.92 Å². The van der Waals surface area contributed by atoms with Crippen molar-refractivity contribution in [3.63, 3.8) is 0 Å². The van der Waals surface area contributed by atoms with Crippen LogP contribution in [-0.4, -0.2) is 30.8 Å². The molecule has 104 valence electrons. The maximum absolute atomic E-state index is 12.6. The number of ketones is 1. The summed E-state index contributed by atoms with van der Waals surface area (Å²) < 4.78 is 37.9. The number of nitrogen functional groups attached to an aromatic ring is 1. The molecule has 1 aliphatic heterocycles. The number of nitrogens with zero attached hydrogens (tertiary/aromatic N) is 1. The van der Waals surface area contributed by atoms with Gasteiger partial charge in [0.2, 0.25) is 0 Å². The molecule has 6 heteroatoms. The van der Waals surface area contributed by atoms with Gasteiger partial charge in [-0.2, -0.15) is 13.2 Å². The minimum atomic E-state index is -4.46. The van der Waals surface area contributed by atoms with E-state index < -0.39 is 11.7 Å². The molecule has 1 aromatic rings. The summed E-state index contributed by atoms with van der Waals surface area (Å²) in [6.45, 7) is 1.34. The smallest absolute Gasteiger partial charge is 0.398 e. The van der Waals surface area contributed by atoms with Crippen LogP contribution < -0.4 is 5.73 Å². The van der Waals surface area contributed by atoms with E-state index in [4.69, 9.17) is 5.73 Å². The Hall–Kier alpha value is -1.56. The lowest BCUT2D eigenvalue weighted by Gasteiger charge is -2.14. The Labute approximate surface area is 109 Å². The summed E-state index contributed by atoms with van der Waals surface area (Å²) in [5.41, 5.74) is 4.88. The molecule has 1 heterocycles. The highest BCUT2D eigenvalue weighted by Crippen LogP contribution is 2.32. The summed E-state index contributed by atoms with van der Waals surface area (Å²) in [6, 6.07) is 2.90. The first-order chi connectivity index (χ1) is 8.79. The van der Waals surface area contributed by atoms with Gasteiger partial charge in [0.05, 0.1) is 5.56 Å². The van der Waals surface area contributed by atoms with Crippen molar-refractivity contribution in [2.24, 2.45) is 5.92 Å². The predicted molar refractivity (Wildman–Crippen MR) is 65.8 cm³/mol. The van der Waals surface area contributed by atoms with E-state index >= 15 is 0 Å². The number of rotatable bonds is 2. The van der Waals surface area contributed by atoms with Gasteiger partial charge in [-0.05, 0) is 38.2 Å². The Kier molecular flexibility index (Phi) is 3.54. The first-order valence-electron chi connectivity index (χ1n) is 5.98. The van der Waals surface area contributed by atoms with E-state index in [9.17, 15) is 18.0 Å². The van der Waals surface area contributed by atoms with E-state index in [0.29, 0.717) is 13.0 Å². The van der Waals surface area contributed by atoms with Crippen molar-refractivity contribution in [2.75, 3.05) is 25.9 Å². The third kappa shape index (κ3) is 2.89. The van der Waals surface area contributed by atoms with Gasteiger partial charge in [0, 0.05) is 23.7 Å². The van der Waals surface area contributed by atoms with Gasteiger partial charge in [0.25, 0.3) is 0 Å². The molecule has 1 atom stereocenters. The van der Waals surface area contributed by atoms with Crippen LogP contribution in [0.1, 0.15) is 22.3 Å². The molecule has 2 rings (SSSR count). The van der Waals surface area contributed by atoms with Gasteiger partial charge in [0.15, 0.2) is 5.78 Å². The summed E-state index contributed by atoms with van der Waals surface area (Å²) >= 11 is 0. The summed E-state index contributed by atoms with van der Waals surface area (Å²) in [7, 11) is 1.88. The van der Waals surface area contributed by atoms with Crippen molar-refractivity contribution in [2.45, 2.75) is 12.6 Å². The van der Waals surface area contributed by atoms with Crippen molar-refractivity contribution in [1.82, 2.24) is 4.90 Å². The van der Waals surface area contributed by atoms with Crippen LogP contribution in [-0.2, 0) is 6.18 Å². The highest BCUT2D eigenvalue weighted by Gasteiger charge is 2.33. The van der Waals surface area contributed by atoms with Crippen LogP contribution >= 0.6 is 0 Å². The Morgan fingerprint density at radius 2 is 2.11 bits per heavy atom. The largest absolute Gasteiger partial charge is 0.416 e. The molecule has 2 N–H and O–H groups in total. The van der Waals surface area contributed by atoms with Gasteiger partial charge >= 0.3 is 6.18 Å². The highest BCUT2D eigenvalue weighted by atomic mass is 19.4. The zero-order chi connectivity index (χ0) is 14.2. The molecule has 0 bridgehead atoms. The molecule has 1 saturated heterocycles. The van der Waals surface area contributed by atoms with Crippen LogP contribution in [0.3, 0.4) is 0 Å². The molecule has 1 aromatic carbocycles. The van der Waals surface area contributed by atoms with E-state index in [0.717, 1.165) is 24.7 Å². The molecule has 1 aliphatic rings. The Balaban J connectivity index is 2.31. The van der Waals surface area contributed by atoms with E-state index in [-0.39, 0.29) is 23.0 Å². The van der Waals surface area contributed by atoms with E-state index in [2.05, 4.69) is 0 Å². The quantitative estimate of drug-likeness (QED) is 0.664. The van der Waals surface area contributed by atoms with Crippen molar-refractivity contribution < 1.29 is 18.0 Å². The zero-order valence-electron chi connectivity index (χ0n) is 10.5. The monoisotopic (exact) mass is 272 g/mol. The number of halogens is 3. The number of hydrogen-bond donors (Lipinski definition) is 1. The minimum absolute atomic E-state index is 0.0184. The molecular formula is C13H15F3N2O. The molecule has 0 radical (unpaired) electrons. The van der Waals surface area contributed by atoms with Crippen LogP contribution in [0.4, 0.5) is 18.9 Å². The summed E-state index contributed by atoms with van der Waals surface area (Å²) in [5, 5.41) is 0. The number of alkyl halides is 3. The molecule has 0 aromatic heterocycles. The minimum Gasteiger partial charge on any atom is -0.398 e. The van der Waals surface area contributed by atoms with Gasteiger partial charge in [-0.1, -0.05) is 0 Å². The Morgan fingerprint density at radius 3 is 2.63 bits per heavy atom. The average molecular weight is 272 g/mol. The zero-order valence-corrected chi connectivity index (χ0v) is 10.5. The number of carbonyl (C=O) groups excluding carboxylic acids is 1. The molecule has 0 spiro atoms. The molecule has 0 aliphatic carbocycles. The second-order valence-corrected chi connectivity index (χ2v) is 4.91. The van der Waals surface area contributed by atoms with E-state index in [1.165, 1.54) is 0 Å². The number of anilines is 1. The number of nitrogens with two attached hydrogens (primary N) is 1. The predicted octanol–water partition coefficient (Wildman–Crippen LogP) is 2.42. The maximum atomic E-state index is 12.6. The normalized spacial score (nSPS) is 20.7. The second kappa shape index (κ2) is 4.85. The average Bonchev–Trinajstić information content (AvgIpc) is 2.74. The Morgan fingerprint density at radius 1 is 1.42 bits per heavy atom. The second-order valence-electron chi connectivity index (χ2n) is 4.91. The van der Waals surface area contributed by atoms with Gasteiger partial charge in [-0.25, -0.2) is 0 Å². The fourth-order valence-electron chi connectivity index (χ4n) is 2.31. The lowest BCUT2D eigenvalue weighted by Crippen LogP contribution is -2.21. The number of benzene rings is 1. The van der Waals surface area contributed by atoms with Crippen molar-refractivity contribution in [1.29, 1.82) is 0 Å². The fraction of sp³-hybridized carbons (Fsp3) is 0.462. The van der Waals surface area contributed by atoms with Crippen LogP contribution in [0.25, 0.3) is 0 Å². The highest BCUT2D eigenvalue weighted by molar-refractivity contribution is 6.02. The summed E-state index contributed by atoms with van der Waals surface area (Å²) in [4.78, 5) is 14.2. The first-order valence-corrected chi connectivity index (χ1v) is 5.98. The molecule has 0 saturated carbocycles. The van der Waals surface area contributed by atoms with Crippen molar-refractivity contribution in [3.8, 4) is 0 Å². The number of Topliss-reactive ketones (excluding diaryl/α,β-unsaturated/α-hetero) is 1. The molecule has 3 nitrogen and oxygen atoms in total. The molecule has 1 unspecified atom stereocenters. The third-order valence-corrected chi connectivity index (χ3v) is 3.41. The molecular weight excluding hydrogens is 257 g/mol. The summed E-state index contributed by atoms with van der Waals surface area (Å²) in [6.07, 6.45) is -3.81. The van der Waals surface area contributed by atoms with Gasteiger partial charge < -0.3 is 10.6 Å². The molecule has 0 amide bonds. The molecule has 19 heavy (non-hydrogen) atoms. The van der Waals surface area contributed by atoms with Gasteiger partial charge in [-0.15, -0.1) is 0 Å². The number of hydrogen-bond acceptors (Lipinski definition) is 3. The summed E-state index contributed by atoms with van der Waals surface area (Å²) in [5.74, 6) is -0.566. The molecule has 1 fully saturated rings. The maximum Gasteiger partial charge on any atom is 0.416 e. The van der Waals surface area contributed by atoms with Crippen LogP contribution in [0.2, 0.25) is 0 Å². The van der Waals surface area contributed by atoms with Crippen LogP contribution in [0.5, 0.6) is 0 Å².